The zero-order valence-corrected chi connectivity index (χ0v) is 19.0. The van der Waals surface area contributed by atoms with Crippen molar-refractivity contribution in [3.05, 3.63) is 58.7 Å². The van der Waals surface area contributed by atoms with E-state index in [1.54, 1.807) is 18.3 Å². The van der Waals surface area contributed by atoms with Crippen molar-refractivity contribution in [3.63, 3.8) is 0 Å². The second-order valence-corrected chi connectivity index (χ2v) is 10.6. The first-order valence-corrected chi connectivity index (χ1v) is 12.1. The molecule has 12 heteroatoms. The van der Waals surface area contributed by atoms with Crippen molar-refractivity contribution in [1.29, 1.82) is 0 Å². The van der Waals surface area contributed by atoms with Crippen LogP contribution in [-0.2, 0) is 28.2 Å². The predicted molar refractivity (Wildman–Crippen MR) is 113 cm³/mol. The summed E-state index contributed by atoms with van der Waals surface area (Å²) in [5, 5.41) is 1.86. The molecular formula is C21H18F6N2O2S2. The van der Waals surface area contributed by atoms with Crippen molar-refractivity contribution in [3.8, 4) is 21.8 Å². The van der Waals surface area contributed by atoms with Gasteiger partial charge in [0.15, 0.2) is 0 Å². The highest BCUT2D eigenvalue weighted by Gasteiger charge is 2.45. The topological polar surface area (TPSA) is 59.9 Å². The number of rotatable bonds is 6. The van der Waals surface area contributed by atoms with E-state index in [2.05, 4.69) is 9.97 Å². The van der Waals surface area contributed by atoms with Crippen LogP contribution in [0.25, 0.3) is 21.8 Å². The molecule has 0 spiro atoms. The quantitative estimate of drug-likeness (QED) is 0.356. The van der Waals surface area contributed by atoms with Gasteiger partial charge in [-0.25, -0.2) is 13.4 Å². The molecule has 33 heavy (non-hydrogen) atoms. The summed E-state index contributed by atoms with van der Waals surface area (Å²) in [5.41, 5.74) is -6.32. The molecule has 0 aliphatic rings. The molecule has 0 radical (unpaired) electrons. The minimum atomic E-state index is -5.62. The van der Waals surface area contributed by atoms with Crippen molar-refractivity contribution >= 4 is 21.2 Å². The largest absolute Gasteiger partial charge is 0.497 e. The number of sulfone groups is 1. The highest BCUT2D eigenvalue weighted by molar-refractivity contribution is 7.91. The van der Waals surface area contributed by atoms with E-state index >= 15 is 0 Å². The van der Waals surface area contributed by atoms with Gasteiger partial charge < -0.3 is 0 Å². The van der Waals surface area contributed by atoms with Gasteiger partial charge in [-0.2, -0.15) is 26.3 Å². The average Bonchev–Trinajstić information content (AvgIpc) is 3.16. The number of hydrogen-bond acceptors (Lipinski definition) is 5. The molecule has 0 fully saturated rings. The summed E-state index contributed by atoms with van der Waals surface area (Å²) in [7, 11) is -5.62. The zero-order valence-electron chi connectivity index (χ0n) is 17.3. The molecule has 0 amide bonds. The van der Waals surface area contributed by atoms with Crippen LogP contribution in [0, 0.1) is 5.92 Å². The van der Waals surface area contributed by atoms with Gasteiger partial charge in [0.2, 0.25) is 0 Å². The molecule has 0 bridgehead atoms. The lowest BCUT2D eigenvalue weighted by atomic mass is 10.0. The number of pyridine rings is 1. The third kappa shape index (κ3) is 5.91. The second-order valence-electron chi connectivity index (χ2n) is 7.75. The Bertz CT molecular complexity index is 1250. The third-order valence-corrected chi connectivity index (χ3v) is 6.87. The lowest BCUT2D eigenvalue weighted by Gasteiger charge is -2.14. The van der Waals surface area contributed by atoms with E-state index < -0.39 is 38.4 Å². The molecule has 0 atom stereocenters. The summed E-state index contributed by atoms with van der Waals surface area (Å²) in [4.78, 5) is 8.55. The fourth-order valence-electron chi connectivity index (χ4n) is 3.11. The molecule has 3 aromatic rings. The number of hydrogen-bond donors (Lipinski definition) is 0. The van der Waals surface area contributed by atoms with Gasteiger partial charge in [0.05, 0.1) is 17.0 Å². The summed E-state index contributed by atoms with van der Waals surface area (Å²) in [6.45, 7) is 4.05. The van der Waals surface area contributed by atoms with Crippen LogP contribution in [0.4, 0.5) is 26.3 Å². The number of aromatic nitrogens is 2. The van der Waals surface area contributed by atoms with Crippen molar-refractivity contribution in [1.82, 2.24) is 9.97 Å². The molecular weight excluding hydrogens is 490 g/mol. The molecule has 178 valence electrons. The van der Waals surface area contributed by atoms with E-state index in [9.17, 15) is 34.8 Å². The van der Waals surface area contributed by atoms with Crippen LogP contribution in [0.15, 0.2) is 41.9 Å². The van der Waals surface area contributed by atoms with Crippen LogP contribution in [0.1, 0.15) is 30.7 Å². The van der Waals surface area contributed by atoms with Gasteiger partial charge in [-0.05, 0) is 36.1 Å². The van der Waals surface area contributed by atoms with Crippen LogP contribution < -0.4 is 0 Å². The molecule has 2 aromatic heterocycles. The monoisotopic (exact) mass is 508 g/mol. The minimum absolute atomic E-state index is 0.0187. The van der Waals surface area contributed by atoms with E-state index in [4.69, 9.17) is 0 Å². The first-order valence-electron chi connectivity index (χ1n) is 9.57. The minimum Gasteiger partial charge on any atom is -0.261 e. The maximum Gasteiger partial charge on any atom is 0.497 e. The van der Waals surface area contributed by atoms with E-state index in [0.29, 0.717) is 29.0 Å². The molecule has 0 aliphatic carbocycles. The predicted octanol–water partition coefficient (Wildman–Crippen LogP) is 6.52. The third-order valence-electron chi connectivity index (χ3n) is 4.56. The molecule has 3 rings (SSSR count). The van der Waals surface area contributed by atoms with Crippen molar-refractivity contribution in [2.24, 2.45) is 5.92 Å². The lowest BCUT2D eigenvalue weighted by Crippen LogP contribution is -2.25. The number of alkyl halides is 6. The summed E-state index contributed by atoms with van der Waals surface area (Å²) < 4.78 is 102. The number of halogens is 6. The van der Waals surface area contributed by atoms with E-state index in [1.165, 1.54) is 5.38 Å². The number of thiazole rings is 1. The number of nitrogens with zero attached hydrogens (tertiary/aromatic N) is 2. The summed E-state index contributed by atoms with van der Waals surface area (Å²) >= 11 is 1.11. The Kier molecular flexibility index (Phi) is 6.90. The molecule has 4 nitrogen and oxygen atoms in total. The van der Waals surface area contributed by atoms with Crippen LogP contribution in [-0.4, -0.2) is 23.9 Å². The van der Waals surface area contributed by atoms with Crippen LogP contribution in [0.2, 0.25) is 0 Å². The van der Waals surface area contributed by atoms with Gasteiger partial charge in [-0.3, -0.25) is 4.98 Å². The summed E-state index contributed by atoms with van der Waals surface area (Å²) in [6, 6.07) is 5.78. The van der Waals surface area contributed by atoms with Gasteiger partial charge in [0.1, 0.15) is 5.01 Å². The Morgan fingerprint density at radius 1 is 1.03 bits per heavy atom. The molecule has 0 saturated heterocycles. The highest BCUT2D eigenvalue weighted by Crippen LogP contribution is 2.40. The maximum absolute atomic E-state index is 13.7. The van der Waals surface area contributed by atoms with Crippen LogP contribution in [0.5, 0.6) is 0 Å². The molecule has 0 aliphatic heterocycles. The van der Waals surface area contributed by atoms with E-state index in [-0.39, 0.29) is 11.3 Å². The van der Waals surface area contributed by atoms with Crippen molar-refractivity contribution in [2.45, 2.75) is 37.7 Å². The van der Waals surface area contributed by atoms with Crippen LogP contribution in [0.3, 0.4) is 0 Å². The Morgan fingerprint density at radius 2 is 1.73 bits per heavy atom. The fourth-order valence-corrected chi connectivity index (χ4v) is 4.71. The fraction of sp³-hybridized carbons (Fsp3) is 0.333. The van der Waals surface area contributed by atoms with Gasteiger partial charge in [-0.15, -0.1) is 11.3 Å². The van der Waals surface area contributed by atoms with Crippen LogP contribution >= 0.6 is 11.3 Å². The molecule has 0 unspecified atom stereocenters. The Labute approximate surface area is 190 Å². The van der Waals surface area contributed by atoms with Gasteiger partial charge >= 0.3 is 11.7 Å². The van der Waals surface area contributed by atoms with E-state index in [0.717, 1.165) is 29.2 Å². The molecule has 2 heterocycles. The Hall–Kier alpha value is -2.47. The first-order chi connectivity index (χ1) is 15.2. The highest BCUT2D eigenvalue weighted by atomic mass is 32.2. The van der Waals surface area contributed by atoms with Gasteiger partial charge in [0, 0.05) is 28.4 Å². The maximum atomic E-state index is 13.7. The number of benzene rings is 1. The SMILES string of the molecule is CC(C)Cc1cc(-c2nc(-c3ccc(CS(=O)(=O)C(F)(F)F)cc3C(F)(F)F)cs2)ccn1. The smallest absolute Gasteiger partial charge is 0.261 e. The normalized spacial score (nSPS) is 13.0. The van der Waals surface area contributed by atoms with Crippen molar-refractivity contribution < 1.29 is 34.8 Å². The average molecular weight is 509 g/mol. The van der Waals surface area contributed by atoms with Gasteiger partial charge in [0.25, 0.3) is 9.84 Å². The summed E-state index contributed by atoms with van der Waals surface area (Å²) in [6.07, 6.45) is -2.63. The zero-order chi connectivity index (χ0) is 24.6. The molecule has 0 saturated carbocycles. The molecule has 1 aromatic carbocycles. The van der Waals surface area contributed by atoms with Crippen molar-refractivity contribution in [2.75, 3.05) is 0 Å². The second kappa shape index (κ2) is 9.05. The Morgan fingerprint density at radius 3 is 2.33 bits per heavy atom. The van der Waals surface area contributed by atoms with Gasteiger partial charge in [-0.1, -0.05) is 26.0 Å². The Balaban J connectivity index is 2.00. The molecule has 0 N–H and O–H groups in total. The summed E-state index contributed by atoms with van der Waals surface area (Å²) in [5.74, 6) is -1.23. The van der Waals surface area contributed by atoms with E-state index in [1.807, 2.05) is 13.8 Å². The standard InChI is InChI=1S/C21H18F6N2O2S2/c1-12(2)7-15-9-14(5-6-28-15)19-29-18(10-32-19)16-4-3-13(8-17(16)20(22,23)24)11-33(30,31)21(25,26)27/h3-6,8-10,12H,7,11H2,1-2H3. The lowest BCUT2D eigenvalue weighted by molar-refractivity contribution is -0.137. The first kappa shape index (κ1) is 25.2.